The van der Waals surface area contributed by atoms with E-state index in [0.717, 1.165) is 18.7 Å². The molecule has 0 aliphatic rings. The van der Waals surface area contributed by atoms with Gasteiger partial charge < -0.3 is 10.1 Å². The lowest BCUT2D eigenvalue weighted by Crippen LogP contribution is -2.07. The van der Waals surface area contributed by atoms with E-state index in [1.165, 1.54) is 22.4 Å². The Morgan fingerprint density at radius 2 is 1.58 bits per heavy atom. The van der Waals surface area contributed by atoms with E-state index in [9.17, 15) is 0 Å². The number of aryl methyl sites for hydroxylation is 2. The van der Waals surface area contributed by atoms with Crippen LogP contribution in [0.2, 0.25) is 0 Å². The fourth-order valence-corrected chi connectivity index (χ4v) is 2.22. The van der Waals surface area contributed by atoms with E-state index >= 15 is 0 Å². The van der Waals surface area contributed by atoms with Gasteiger partial charge >= 0.3 is 0 Å². The number of benzene rings is 2. The van der Waals surface area contributed by atoms with Gasteiger partial charge in [-0.05, 0) is 49.1 Å². The van der Waals surface area contributed by atoms with Crippen molar-refractivity contribution in [3.63, 3.8) is 0 Å². The summed E-state index contributed by atoms with van der Waals surface area (Å²) in [6.45, 7) is 5.23. The molecule has 2 aromatic carbocycles. The number of rotatable bonds is 5. The molecule has 0 saturated heterocycles. The molecule has 0 unspecified atom stereocenters. The largest absolute Gasteiger partial charge is 0.497 e. The Kier molecular flexibility index (Phi) is 4.45. The third-order valence-corrected chi connectivity index (χ3v) is 3.36. The minimum Gasteiger partial charge on any atom is -0.497 e. The van der Waals surface area contributed by atoms with Gasteiger partial charge in [0, 0.05) is 12.2 Å². The highest BCUT2D eigenvalue weighted by atomic mass is 16.5. The van der Waals surface area contributed by atoms with E-state index in [-0.39, 0.29) is 0 Å². The van der Waals surface area contributed by atoms with Gasteiger partial charge in [-0.3, -0.25) is 0 Å². The molecule has 1 N–H and O–H groups in total. The second kappa shape index (κ2) is 6.28. The number of methoxy groups -OCH3 is 1. The number of nitrogens with one attached hydrogen (secondary N) is 1. The van der Waals surface area contributed by atoms with Gasteiger partial charge in [-0.1, -0.05) is 30.3 Å². The SMILES string of the molecule is COc1ccc(CCNc2c(C)cccc2C)cc1. The van der Waals surface area contributed by atoms with Crippen molar-refractivity contribution < 1.29 is 4.74 Å². The molecule has 19 heavy (non-hydrogen) atoms. The van der Waals surface area contributed by atoms with Gasteiger partial charge in [0.05, 0.1) is 7.11 Å². The summed E-state index contributed by atoms with van der Waals surface area (Å²) in [5.41, 5.74) is 5.18. The van der Waals surface area contributed by atoms with Crippen molar-refractivity contribution in [3.05, 3.63) is 59.2 Å². The number of hydrogen-bond donors (Lipinski definition) is 1. The monoisotopic (exact) mass is 255 g/mol. The summed E-state index contributed by atoms with van der Waals surface area (Å²) >= 11 is 0. The van der Waals surface area contributed by atoms with Gasteiger partial charge in [0.15, 0.2) is 0 Å². The average Bonchev–Trinajstić information content (AvgIpc) is 2.43. The molecule has 0 aromatic heterocycles. The summed E-state index contributed by atoms with van der Waals surface area (Å²) in [6.07, 6.45) is 1.01. The highest BCUT2D eigenvalue weighted by Crippen LogP contribution is 2.19. The maximum Gasteiger partial charge on any atom is 0.118 e. The van der Waals surface area contributed by atoms with Crippen LogP contribution in [0.3, 0.4) is 0 Å². The predicted octanol–water partition coefficient (Wildman–Crippen LogP) is 3.97. The summed E-state index contributed by atoms with van der Waals surface area (Å²) in [4.78, 5) is 0. The van der Waals surface area contributed by atoms with Gasteiger partial charge in [-0.2, -0.15) is 0 Å². The second-order valence-corrected chi connectivity index (χ2v) is 4.79. The fraction of sp³-hybridized carbons (Fsp3) is 0.294. The fourth-order valence-electron chi connectivity index (χ4n) is 2.22. The number of para-hydroxylation sites is 1. The molecular weight excluding hydrogens is 234 g/mol. The standard InChI is InChI=1S/C17H21NO/c1-13-5-4-6-14(2)17(13)18-12-11-15-7-9-16(19-3)10-8-15/h4-10,18H,11-12H2,1-3H3. The molecule has 0 atom stereocenters. The van der Waals surface area contributed by atoms with E-state index in [1.54, 1.807) is 7.11 Å². The zero-order valence-electron chi connectivity index (χ0n) is 11.9. The van der Waals surface area contributed by atoms with Crippen molar-refractivity contribution in [2.24, 2.45) is 0 Å². The first-order valence-corrected chi connectivity index (χ1v) is 6.63. The van der Waals surface area contributed by atoms with E-state index in [4.69, 9.17) is 4.74 Å². The van der Waals surface area contributed by atoms with Gasteiger partial charge in [0.1, 0.15) is 5.75 Å². The first kappa shape index (κ1) is 13.5. The van der Waals surface area contributed by atoms with Crippen molar-refractivity contribution in [3.8, 4) is 5.75 Å². The Balaban J connectivity index is 1.92. The maximum absolute atomic E-state index is 5.16. The summed E-state index contributed by atoms with van der Waals surface area (Å²) in [7, 11) is 1.69. The molecule has 0 heterocycles. The van der Waals surface area contributed by atoms with Crippen LogP contribution in [0.25, 0.3) is 0 Å². The molecule has 2 aromatic rings. The zero-order chi connectivity index (χ0) is 13.7. The minimum absolute atomic E-state index is 0.909. The van der Waals surface area contributed by atoms with Crippen LogP contribution >= 0.6 is 0 Å². The van der Waals surface area contributed by atoms with Crippen LogP contribution in [0.5, 0.6) is 5.75 Å². The van der Waals surface area contributed by atoms with Crippen LogP contribution in [-0.2, 0) is 6.42 Å². The molecule has 0 aliphatic carbocycles. The Bertz CT molecular complexity index is 511. The quantitative estimate of drug-likeness (QED) is 0.873. The lowest BCUT2D eigenvalue weighted by atomic mass is 10.1. The highest BCUT2D eigenvalue weighted by Gasteiger charge is 2.01. The highest BCUT2D eigenvalue weighted by molar-refractivity contribution is 5.56. The molecule has 2 heteroatoms. The first-order chi connectivity index (χ1) is 9.20. The third-order valence-electron chi connectivity index (χ3n) is 3.36. The molecule has 100 valence electrons. The molecule has 0 amide bonds. The minimum atomic E-state index is 0.909. The van der Waals surface area contributed by atoms with Gasteiger partial charge in [0.25, 0.3) is 0 Å². The smallest absolute Gasteiger partial charge is 0.118 e. The molecule has 0 spiro atoms. The van der Waals surface area contributed by atoms with E-state index in [0.29, 0.717) is 0 Å². The van der Waals surface area contributed by atoms with E-state index in [2.05, 4.69) is 49.5 Å². The van der Waals surface area contributed by atoms with Crippen LogP contribution in [-0.4, -0.2) is 13.7 Å². The van der Waals surface area contributed by atoms with E-state index < -0.39 is 0 Å². The third kappa shape index (κ3) is 3.50. The van der Waals surface area contributed by atoms with Crippen molar-refractivity contribution in [2.75, 3.05) is 19.0 Å². The number of hydrogen-bond acceptors (Lipinski definition) is 2. The van der Waals surface area contributed by atoms with Gasteiger partial charge in [-0.25, -0.2) is 0 Å². The molecule has 0 bridgehead atoms. The van der Waals surface area contributed by atoms with E-state index in [1.807, 2.05) is 12.1 Å². The Morgan fingerprint density at radius 3 is 2.16 bits per heavy atom. The maximum atomic E-state index is 5.16. The van der Waals surface area contributed by atoms with Crippen molar-refractivity contribution in [2.45, 2.75) is 20.3 Å². The molecule has 2 nitrogen and oxygen atoms in total. The van der Waals surface area contributed by atoms with Crippen LogP contribution in [0.4, 0.5) is 5.69 Å². The summed E-state index contributed by atoms with van der Waals surface area (Å²) < 4.78 is 5.16. The Hall–Kier alpha value is -1.96. The number of anilines is 1. The first-order valence-electron chi connectivity index (χ1n) is 6.63. The zero-order valence-corrected chi connectivity index (χ0v) is 11.9. The lowest BCUT2D eigenvalue weighted by Gasteiger charge is -2.12. The van der Waals surface area contributed by atoms with Crippen LogP contribution < -0.4 is 10.1 Å². The topological polar surface area (TPSA) is 21.3 Å². The summed E-state index contributed by atoms with van der Waals surface area (Å²) in [5, 5.41) is 3.53. The van der Waals surface area contributed by atoms with Crippen LogP contribution in [0.1, 0.15) is 16.7 Å². The average molecular weight is 255 g/mol. The Morgan fingerprint density at radius 1 is 0.947 bits per heavy atom. The lowest BCUT2D eigenvalue weighted by molar-refractivity contribution is 0.414. The molecular formula is C17H21NO. The van der Waals surface area contributed by atoms with Crippen LogP contribution in [0.15, 0.2) is 42.5 Å². The molecule has 2 rings (SSSR count). The van der Waals surface area contributed by atoms with Gasteiger partial charge in [0.2, 0.25) is 0 Å². The molecule has 0 radical (unpaired) electrons. The molecule has 0 aliphatic heterocycles. The predicted molar refractivity (Wildman–Crippen MR) is 81.1 cm³/mol. The summed E-state index contributed by atoms with van der Waals surface area (Å²) in [5.74, 6) is 0.909. The molecule has 0 saturated carbocycles. The Labute approximate surface area is 115 Å². The second-order valence-electron chi connectivity index (χ2n) is 4.79. The van der Waals surface area contributed by atoms with Crippen molar-refractivity contribution in [1.29, 1.82) is 0 Å². The van der Waals surface area contributed by atoms with Crippen LogP contribution in [0, 0.1) is 13.8 Å². The van der Waals surface area contributed by atoms with Gasteiger partial charge in [-0.15, -0.1) is 0 Å². The summed E-state index contributed by atoms with van der Waals surface area (Å²) in [6, 6.07) is 14.6. The normalized spacial score (nSPS) is 10.3. The van der Waals surface area contributed by atoms with Crippen molar-refractivity contribution in [1.82, 2.24) is 0 Å². The number of ether oxygens (including phenoxy) is 1. The molecule has 0 fully saturated rings. The van der Waals surface area contributed by atoms with Crippen molar-refractivity contribution >= 4 is 5.69 Å².